The normalized spacial score (nSPS) is 25.1. The van der Waals surface area contributed by atoms with Crippen molar-refractivity contribution in [2.75, 3.05) is 6.61 Å². The molecule has 20 heavy (non-hydrogen) atoms. The van der Waals surface area contributed by atoms with Crippen molar-refractivity contribution in [3.63, 3.8) is 0 Å². The van der Waals surface area contributed by atoms with E-state index in [9.17, 15) is 14.5 Å². The number of nitro benzene ring substituents is 1. The van der Waals surface area contributed by atoms with Crippen molar-refractivity contribution < 1.29 is 18.8 Å². The lowest BCUT2D eigenvalue weighted by molar-refractivity contribution is -0.386. The van der Waals surface area contributed by atoms with Gasteiger partial charge in [-0.15, -0.1) is 11.6 Å². The lowest BCUT2D eigenvalue weighted by atomic mass is 9.91. The Morgan fingerprint density at radius 2 is 2.30 bits per heavy atom. The highest BCUT2D eigenvalue weighted by molar-refractivity contribution is 6.21. The molecule has 1 aromatic rings. The monoisotopic (exact) mass is 303 g/mol. The maximum absolute atomic E-state index is 13.7. The van der Waals surface area contributed by atoms with Crippen LogP contribution in [0.1, 0.15) is 19.8 Å². The fourth-order valence-corrected chi connectivity index (χ4v) is 2.43. The number of hydrogen-bond donors (Lipinski definition) is 0. The summed E-state index contributed by atoms with van der Waals surface area (Å²) in [5.74, 6) is -1.11. The third-order valence-corrected chi connectivity index (χ3v) is 3.53. The van der Waals surface area contributed by atoms with Gasteiger partial charge in [-0.25, -0.2) is 4.39 Å². The Balaban J connectivity index is 2.12. The van der Waals surface area contributed by atoms with Crippen LogP contribution in [0.2, 0.25) is 0 Å². The van der Waals surface area contributed by atoms with Gasteiger partial charge >= 0.3 is 5.69 Å². The Bertz CT molecular complexity index is 499. The first-order chi connectivity index (χ1) is 9.54. The first kappa shape index (κ1) is 15.0. The van der Waals surface area contributed by atoms with Crippen molar-refractivity contribution in [3.8, 4) is 5.75 Å². The van der Waals surface area contributed by atoms with Crippen LogP contribution in [0.5, 0.6) is 5.75 Å². The molecule has 0 radical (unpaired) electrons. The highest BCUT2D eigenvalue weighted by atomic mass is 35.5. The zero-order valence-electron chi connectivity index (χ0n) is 10.9. The summed E-state index contributed by atoms with van der Waals surface area (Å²) >= 11 is 6.02. The summed E-state index contributed by atoms with van der Waals surface area (Å²) in [5, 5.41) is 10.7. The first-order valence-electron chi connectivity index (χ1n) is 6.39. The fraction of sp³-hybridized carbons (Fsp3) is 0.538. The highest BCUT2D eigenvalue weighted by Crippen LogP contribution is 2.37. The van der Waals surface area contributed by atoms with Gasteiger partial charge in [-0.3, -0.25) is 10.1 Å². The molecular formula is C13H15ClFNO4. The van der Waals surface area contributed by atoms with Crippen molar-refractivity contribution >= 4 is 17.3 Å². The number of nitrogens with zero attached hydrogens (tertiary/aromatic N) is 1. The van der Waals surface area contributed by atoms with E-state index in [1.807, 2.05) is 6.92 Å². The molecule has 0 spiro atoms. The molecule has 1 aliphatic rings. The molecule has 0 aliphatic heterocycles. The fourth-order valence-electron chi connectivity index (χ4n) is 2.02. The van der Waals surface area contributed by atoms with Gasteiger partial charge < -0.3 is 9.47 Å². The summed E-state index contributed by atoms with van der Waals surface area (Å²) in [5.41, 5.74) is -0.391. The standard InChI is InChI=1S/C13H15ClFNO4/c1-2-6-19-12-8(14)7-11(12)20-13-9(15)4-3-5-10(13)16(17)18/h3-5,8,11-12H,2,6-7H2,1H3. The van der Waals surface area contributed by atoms with Crippen LogP contribution in [0.15, 0.2) is 18.2 Å². The zero-order valence-corrected chi connectivity index (χ0v) is 11.7. The highest BCUT2D eigenvalue weighted by Gasteiger charge is 2.44. The van der Waals surface area contributed by atoms with Crippen molar-refractivity contribution in [1.29, 1.82) is 0 Å². The number of benzene rings is 1. The number of nitro groups is 1. The molecule has 0 N–H and O–H groups in total. The molecular weight excluding hydrogens is 289 g/mol. The Hall–Kier alpha value is -1.40. The lowest BCUT2D eigenvalue weighted by Gasteiger charge is -2.40. The van der Waals surface area contributed by atoms with Crippen LogP contribution >= 0.6 is 11.6 Å². The van der Waals surface area contributed by atoms with Gasteiger partial charge in [-0.1, -0.05) is 13.0 Å². The largest absolute Gasteiger partial charge is 0.479 e. The van der Waals surface area contributed by atoms with E-state index in [4.69, 9.17) is 21.1 Å². The number of alkyl halides is 1. The average molecular weight is 304 g/mol. The van der Waals surface area contributed by atoms with E-state index in [1.54, 1.807) is 0 Å². The van der Waals surface area contributed by atoms with Gasteiger partial charge in [0.25, 0.3) is 0 Å². The smallest absolute Gasteiger partial charge is 0.314 e. The molecule has 110 valence electrons. The molecule has 7 heteroatoms. The third kappa shape index (κ3) is 3.02. The van der Waals surface area contributed by atoms with Gasteiger partial charge in [0.2, 0.25) is 5.75 Å². The number of ether oxygens (including phenoxy) is 2. The maximum Gasteiger partial charge on any atom is 0.314 e. The minimum Gasteiger partial charge on any atom is -0.479 e. The van der Waals surface area contributed by atoms with Gasteiger partial charge in [0.1, 0.15) is 12.2 Å². The summed E-state index contributed by atoms with van der Waals surface area (Å²) in [4.78, 5) is 10.2. The Morgan fingerprint density at radius 3 is 2.90 bits per heavy atom. The van der Waals surface area contributed by atoms with E-state index in [1.165, 1.54) is 12.1 Å². The molecule has 0 heterocycles. The van der Waals surface area contributed by atoms with E-state index in [0.29, 0.717) is 13.0 Å². The Labute approximate surface area is 120 Å². The predicted molar refractivity (Wildman–Crippen MR) is 71.8 cm³/mol. The molecule has 3 atom stereocenters. The van der Waals surface area contributed by atoms with Gasteiger partial charge in [-0.05, 0) is 12.5 Å². The molecule has 0 amide bonds. The summed E-state index contributed by atoms with van der Waals surface area (Å²) in [6.45, 7) is 2.48. The summed E-state index contributed by atoms with van der Waals surface area (Å²) in [6, 6.07) is 3.61. The lowest BCUT2D eigenvalue weighted by Crippen LogP contribution is -2.52. The van der Waals surface area contributed by atoms with E-state index in [0.717, 1.165) is 12.5 Å². The van der Waals surface area contributed by atoms with Gasteiger partial charge in [-0.2, -0.15) is 0 Å². The van der Waals surface area contributed by atoms with Crippen molar-refractivity contribution in [2.45, 2.75) is 37.4 Å². The second-order valence-corrected chi connectivity index (χ2v) is 5.15. The molecule has 1 saturated carbocycles. The minimum atomic E-state index is -0.758. The second kappa shape index (κ2) is 6.37. The van der Waals surface area contributed by atoms with Gasteiger partial charge in [0.05, 0.1) is 10.3 Å². The van der Waals surface area contributed by atoms with Crippen molar-refractivity contribution in [2.24, 2.45) is 0 Å². The van der Waals surface area contributed by atoms with Crippen molar-refractivity contribution in [3.05, 3.63) is 34.1 Å². The molecule has 3 unspecified atom stereocenters. The van der Waals surface area contributed by atoms with E-state index >= 15 is 0 Å². The molecule has 0 bridgehead atoms. The van der Waals surface area contributed by atoms with E-state index in [-0.39, 0.29) is 17.2 Å². The van der Waals surface area contributed by atoms with Crippen LogP contribution in [0.3, 0.4) is 0 Å². The third-order valence-electron chi connectivity index (χ3n) is 3.11. The molecule has 1 aromatic carbocycles. The van der Waals surface area contributed by atoms with E-state index < -0.39 is 22.5 Å². The summed E-state index contributed by atoms with van der Waals surface area (Å²) in [7, 11) is 0. The van der Waals surface area contributed by atoms with Crippen LogP contribution in [-0.2, 0) is 4.74 Å². The Kier molecular flexibility index (Phi) is 4.77. The molecule has 0 aromatic heterocycles. The topological polar surface area (TPSA) is 61.6 Å². The number of para-hydroxylation sites is 1. The number of halogens is 2. The number of rotatable bonds is 6. The van der Waals surface area contributed by atoms with E-state index in [2.05, 4.69) is 0 Å². The van der Waals surface area contributed by atoms with Crippen LogP contribution in [0.25, 0.3) is 0 Å². The molecule has 0 saturated heterocycles. The zero-order chi connectivity index (χ0) is 14.7. The van der Waals surface area contributed by atoms with Crippen LogP contribution in [-0.4, -0.2) is 29.1 Å². The summed E-state index contributed by atoms with van der Waals surface area (Å²) in [6.07, 6.45) is 0.476. The van der Waals surface area contributed by atoms with Crippen LogP contribution < -0.4 is 4.74 Å². The van der Waals surface area contributed by atoms with Crippen LogP contribution in [0.4, 0.5) is 10.1 Å². The second-order valence-electron chi connectivity index (χ2n) is 4.59. The SMILES string of the molecule is CCCOC1C(Cl)CC1Oc1c(F)cccc1[N+](=O)[O-]. The minimum absolute atomic E-state index is 0.211. The van der Waals surface area contributed by atoms with Crippen LogP contribution in [0, 0.1) is 15.9 Å². The Morgan fingerprint density at radius 1 is 1.55 bits per heavy atom. The molecule has 1 aliphatic carbocycles. The average Bonchev–Trinajstić information content (AvgIpc) is 2.40. The van der Waals surface area contributed by atoms with Crippen molar-refractivity contribution in [1.82, 2.24) is 0 Å². The van der Waals surface area contributed by atoms with Gasteiger partial charge in [0.15, 0.2) is 5.82 Å². The predicted octanol–water partition coefficient (Wildman–Crippen LogP) is 3.29. The molecule has 1 fully saturated rings. The maximum atomic E-state index is 13.7. The van der Waals surface area contributed by atoms with Gasteiger partial charge in [0, 0.05) is 19.1 Å². The molecule has 2 rings (SSSR count). The molecule has 5 nitrogen and oxygen atoms in total. The quantitative estimate of drug-likeness (QED) is 0.459. The first-order valence-corrected chi connectivity index (χ1v) is 6.83. The number of hydrogen-bond acceptors (Lipinski definition) is 4. The summed E-state index contributed by atoms with van der Waals surface area (Å²) < 4.78 is 24.6.